The number of likely N-dealkylation sites (tertiary alicyclic amines) is 2. The predicted octanol–water partition coefficient (Wildman–Crippen LogP) is 1.96. The van der Waals surface area contributed by atoms with E-state index in [0.717, 1.165) is 19.1 Å². The molecule has 0 aromatic rings. The predicted molar refractivity (Wildman–Crippen MR) is 111 cm³/mol. The van der Waals surface area contributed by atoms with Gasteiger partial charge in [0.2, 0.25) is 0 Å². The Morgan fingerprint density at radius 1 is 0.900 bits per heavy atom. The summed E-state index contributed by atoms with van der Waals surface area (Å²) in [6, 6.07) is -0.241. The minimum Gasteiger partial charge on any atom is -0.444 e. The molecule has 30 heavy (non-hydrogen) atoms. The summed E-state index contributed by atoms with van der Waals surface area (Å²) in [4.78, 5) is 26.1. The first-order valence-corrected chi connectivity index (χ1v) is 11.8. The number of ether oxygens (including phenoxy) is 2. The van der Waals surface area contributed by atoms with E-state index in [1.807, 2.05) is 20.8 Å². The van der Waals surface area contributed by atoms with Gasteiger partial charge in [0, 0.05) is 13.1 Å². The van der Waals surface area contributed by atoms with Gasteiger partial charge in [-0.1, -0.05) is 0 Å². The van der Waals surface area contributed by atoms with E-state index in [2.05, 4.69) is 4.18 Å². The molecule has 11 heteroatoms. The van der Waals surface area contributed by atoms with Gasteiger partial charge in [-0.15, -0.1) is 0 Å². The van der Waals surface area contributed by atoms with E-state index in [-0.39, 0.29) is 31.4 Å². The fourth-order valence-corrected chi connectivity index (χ4v) is 2.97. The van der Waals surface area contributed by atoms with Gasteiger partial charge in [-0.25, -0.2) is 9.59 Å². The summed E-state index contributed by atoms with van der Waals surface area (Å²) in [5.74, 6) is 0. The fourth-order valence-electron chi connectivity index (χ4n) is 2.57. The average Bonchev–Trinajstić information content (AvgIpc) is 2.40. The molecule has 2 atom stereocenters. The van der Waals surface area contributed by atoms with Crippen LogP contribution in [-0.4, -0.2) is 91.4 Å². The zero-order valence-corrected chi connectivity index (χ0v) is 19.8. The van der Waals surface area contributed by atoms with Crippen LogP contribution >= 0.6 is 0 Å². The third kappa shape index (κ3) is 9.48. The second kappa shape index (κ2) is 10.1. The van der Waals surface area contributed by atoms with Crippen molar-refractivity contribution in [3.05, 3.63) is 0 Å². The maximum absolute atomic E-state index is 11.7. The summed E-state index contributed by atoms with van der Waals surface area (Å²) in [6.07, 6.45) is 1.84. The van der Waals surface area contributed by atoms with E-state index < -0.39 is 27.4 Å². The molecule has 0 saturated carbocycles. The minimum absolute atomic E-state index is 0.00191. The molecule has 2 saturated heterocycles. The Labute approximate surface area is 179 Å². The lowest BCUT2D eigenvalue weighted by Crippen LogP contribution is -2.54. The van der Waals surface area contributed by atoms with Gasteiger partial charge in [-0.05, 0) is 54.4 Å². The van der Waals surface area contributed by atoms with Crippen molar-refractivity contribution in [3.8, 4) is 0 Å². The summed E-state index contributed by atoms with van der Waals surface area (Å²) in [5.41, 5.74) is -0.998. The van der Waals surface area contributed by atoms with Crippen molar-refractivity contribution in [1.82, 2.24) is 9.80 Å². The first kappa shape index (κ1) is 26.4. The van der Waals surface area contributed by atoms with Gasteiger partial charge in [0.1, 0.15) is 11.2 Å². The van der Waals surface area contributed by atoms with E-state index in [1.54, 1.807) is 25.7 Å². The zero-order chi connectivity index (χ0) is 23.3. The average molecular weight is 453 g/mol. The molecular weight excluding hydrogens is 416 g/mol. The molecular formula is C19H36N2O8S. The maximum atomic E-state index is 11.7. The molecule has 0 bridgehead atoms. The Bertz CT molecular complexity index is 694. The number of hydrogen-bond acceptors (Lipinski definition) is 8. The van der Waals surface area contributed by atoms with Gasteiger partial charge >= 0.3 is 12.2 Å². The van der Waals surface area contributed by atoms with Crippen molar-refractivity contribution in [2.24, 2.45) is 0 Å². The molecule has 2 heterocycles. The first-order chi connectivity index (χ1) is 13.5. The number of carbonyl (C=O) groups excluding carboxylic acids is 2. The quantitative estimate of drug-likeness (QED) is 0.642. The summed E-state index contributed by atoms with van der Waals surface area (Å²) in [6.45, 7) is 12.1. The summed E-state index contributed by atoms with van der Waals surface area (Å²) in [5, 5.41) is 8.85. The molecule has 176 valence electrons. The van der Waals surface area contributed by atoms with Crippen molar-refractivity contribution in [3.63, 3.8) is 0 Å². The molecule has 0 radical (unpaired) electrons. The van der Waals surface area contributed by atoms with Crippen molar-refractivity contribution in [2.45, 2.75) is 77.7 Å². The molecule has 2 fully saturated rings. The van der Waals surface area contributed by atoms with Crippen molar-refractivity contribution < 1.29 is 36.8 Å². The highest BCUT2D eigenvalue weighted by molar-refractivity contribution is 7.85. The SMILES string of the molecule is CC(C)(C)OC(=O)N1CCC1CO.CC(C)(C)OC(=O)N1CCC1COS(C)(=O)=O. The van der Waals surface area contributed by atoms with Crippen LogP contribution in [0.5, 0.6) is 0 Å². The van der Waals surface area contributed by atoms with E-state index in [0.29, 0.717) is 13.1 Å². The lowest BCUT2D eigenvalue weighted by atomic mass is 10.1. The summed E-state index contributed by atoms with van der Waals surface area (Å²) in [7, 11) is -3.46. The number of aliphatic hydroxyl groups is 1. The number of nitrogens with zero attached hydrogens (tertiary/aromatic N) is 2. The standard InChI is InChI=1S/C10H19NO5S.C9H17NO3/c1-10(2,3)16-9(12)11-6-5-8(11)7-15-17(4,13)14;1-9(2,3)13-8(12)10-5-4-7(10)6-11/h8H,5-7H2,1-4H3;7,11H,4-6H2,1-3H3. The third-order valence-electron chi connectivity index (χ3n) is 4.23. The normalized spacial score (nSPS) is 21.6. The van der Waals surface area contributed by atoms with Gasteiger partial charge in [-0.2, -0.15) is 8.42 Å². The molecule has 10 nitrogen and oxygen atoms in total. The van der Waals surface area contributed by atoms with Gasteiger partial charge in [-0.3, -0.25) is 4.18 Å². The lowest BCUT2D eigenvalue weighted by molar-refractivity contribution is -0.0167. The van der Waals surface area contributed by atoms with E-state index in [1.165, 1.54) is 4.90 Å². The molecule has 0 spiro atoms. The van der Waals surface area contributed by atoms with Crippen LogP contribution in [0.4, 0.5) is 9.59 Å². The molecule has 2 rings (SSSR count). The monoisotopic (exact) mass is 452 g/mol. The Morgan fingerprint density at radius 3 is 1.57 bits per heavy atom. The Hall–Kier alpha value is -1.59. The van der Waals surface area contributed by atoms with E-state index in [4.69, 9.17) is 14.6 Å². The van der Waals surface area contributed by atoms with Crippen molar-refractivity contribution >= 4 is 22.3 Å². The van der Waals surface area contributed by atoms with Crippen LogP contribution in [0.3, 0.4) is 0 Å². The van der Waals surface area contributed by atoms with Crippen LogP contribution in [0.15, 0.2) is 0 Å². The number of amides is 2. The molecule has 2 aliphatic heterocycles. The first-order valence-electron chi connectivity index (χ1n) is 9.97. The molecule has 0 aromatic carbocycles. The van der Waals surface area contributed by atoms with Crippen molar-refractivity contribution in [2.75, 3.05) is 32.6 Å². The highest BCUT2D eigenvalue weighted by Gasteiger charge is 2.36. The van der Waals surface area contributed by atoms with Crippen LogP contribution < -0.4 is 0 Å². The van der Waals surface area contributed by atoms with Crippen LogP contribution in [0.25, 0.3) is 0 Å². The van der Waals surface area contributed by atoms with Crippen LogP contribution in [-0.2, 0) is 23.8 Å². The van der Waals surface area contributed by atoms with Gasteiger partial charge in [0.15, 0.2) is 0 Å². The van der Waals surface area contributed by atoms with Crippen LogP contribution in [0.1, 0.15) is 54.4 Å². The summed E-state index contributed by atoms with van der Waals surface area (Å²) >= 11 is 0. The summed E-state index contributed by atoms with van der Waals surface area (Å²) < 4.78 is 36.7. The largest absolute Gasteiger partial charge is 0.444 e. The molecule has 2 aliphatic rings. The van der Waals surface area contributed by atoms with E-state index >= 15 is 0 Å². The van der Waals surface area contributed by atoms with Crippen molar-refractivity contribution in [1.29, 1.82) is 0 Å². The number of hydrogen-bond donors (Lipinski definition) is 1. The highest BCUT2D eigenvalue weighted by atomic mass is 32.2. The Kier molecular flexibility index (Phi) is 8.94. The second-order valence-electron chi connectivity index (χ2n) is 9.40. The Balaban J connectivity index is 0.000000311. The number of aliphatic hydroxyl groups excluding tert-OH is 1. The van der Waals surface area contributed by atoms with Gasteiger partial charge in [0.25, 0.3) is 10.1 Å². The fraction of sp³-hybridized carbons (Fsp3) is 0.895. The van der Waals surface area contributed by atoms with Crippen LogP contribution in [0.2, 0.25) is 0 Å². The lowest BCUT2D eigenvalue weighted by Gasteiger charge is -2.40. The third-order valence-corrected chi connectivity index (χ3v) is 4.79. The highest BCUT2D eigenvalue weighted by Crippen LogP contribution is 2.22. The molecule has 0 aliphatic carbocycles. The van der Waals surface area contributed by atoms with Crippen LogP contribution in [0, 0.1) is 0 Å². The molecule has 2 unspecified atom stereocenters. The topological polar surface area (TPSA) is 123 Å². The Morgan fingerprint density at radius 2 is 1.30 bits per heavy atom. The van der Waals surface area contributed by atoms with Gasteiger partial charge < -0.3 is 24.4 Å². The number of carbonyl (C=O) groups is 2. The maximum Gasteiger partial charge on any atom is 0.410 e. The minimum atomic E-state index is -3.46. The van der Waals surface area contributed by atoms with E-state index in [9.17, 15) is 18.0 Å². The molecule has 1 N–H and O–H groups in total. The molecule has 2 amide bonds. The second-order valence-corrected chi connectivity index (χ2v) is 11.0. The molecule has 0 aromatic heterocycles. The smallest absolute Gasteiger partial charge is 0.410 e. The zero-order valence-electron chi connectivity index (χ0n) is 19.0. The number of rotatable bonds is 4. The van der Waals surface area contributed by atoms with Gasteiger partial charge in [0.05, 0.1) is 31.6 Å².